The highest BCUT2D eigenvalue weighted by atomic mass is 16.5. The highest BCUT2D eigenvalue weighted by Gasteiger charge is 2.50. The minimum atomic E-state index is -0.360. The lowest BCUT2D eigenvalue weighted by Crippen LogP contribution is -2.66. The molecule has 0 saturated carbocycles. The van der Waals surface area contributed by atoms with E-state index in [1.54, 1.807) is 0 Å². The first-order chi connectivity index (χ1) is 42.7. The number of fused-ring (bicyclic) bond motifs is 15. The summed E-state index contributed by atoms with van der Waals surface area (Å²) in [5.74, 6) is 4.65. The normalized spacial score (nSPS) is 12.9. The highest BCUT2D eigenvalue weighted by Crippen LogP contribution is 2.41. The lowest BCUT2D eigenvalue weighted by molar-refractivity contribution is 0.453. The number of hydrogen-bond acceptors (Lipinski definition) is 3. The Morgan fingerprint density at radius 3 is 1.09 bits per heavy atom. The van der Waals surface area contributed by atoms with Crippen LogP contribution in [0.2, 0.25) is 0 Å². The summed E-state index contributed by atoms with van der Waals surface area (Å²) in [6.45, 7) is -1.01. The van der Waals surface area contributed by atoms with Gasteiger partial charge >= 0.3 is 0 Å². The van der Waals surface area contributed by atoms with Crippen molar-refractivity contribution in [3.05, 3.63) is 297 Å². The number of para-hydroxylation sites is 6. The number of aromatic nitrogens is 2. The first kappa shape index (κ1) is 48.6. The number of benzene rings is 13. The number of nitrogens with zero attached hydrogens (tertiary/aromatic N) is 2. The Kier molecular flexibility index (Phi) is 10.9. The fourth-order valence-corrected chi connectivity index (χ4v) is 14.8. The van der Waals surface area contributed by atoms with Crippen LogP contribution in [0.1, 0.15) is 0 Å². The predicted octanol–water partition coefficient (Wildman–Crippen LogP) is 13.1. The average Bonchev–Trinajstić information content (AvgIpc) is 1.02. The van der Waals surface area contributed by atoms with Gasteiger partial charge in [-0.3, -0.25) is 0 Å². The minimum Gasteiger partial charge on any atom is -0.459 e. The Bertz CT molecular complexity index is 5090. The zero-order chi connectivity index (χ0) is 56.4. The molecular formula is C78H49B3N2O3. The van der Waals surface area contributed by atoms with Gasteiger partial charge < -0.3 is 23.3 Å². The Labute approximate surface area is 498 Å². The Morgan fingerprint density at radius 2 is 0.605 bits per heavy atom. The van der Waals surface area contributed by atoms with Crippen molar-refractivity contribution < 1.29 is 14.2 Å². The van der Waals surface area contributed by atoms with E-state index < -0.39 is 0 Å². The van der Waals surface area contributed by atoms with E-state index in [0.717, 1.165) is 128 Å². The molecule has 0 atom stereocenters. The van der Waals surface area contributed by atoms with Crippen LogP contribution in [0.15, 0.2) is 297 Å². The van der Waals surface area contributed by atoms with E-state index in [1.807, 2.05) is 0 Å². The molecule has 8 heteroatoms. The van der Waals surface area contributed by atoms with Crippen molar-refractivity contribution in [2.45, 2.75) is 0 Å². The van der Waals surface area contributed by atoms with Crippen LogP contribution in [0.3, 0.4) is 0 Å². The van der Waals surface area contributed by atoms with Crippen LogP contribution in [-0.2, 0) is 0 Å². The van der Waals surface area contributed by atoms with Gasteiger partial charge in [0.1, 0.15) is 34.5 Å². The maximum Gasteiger partial charge on any atom is 0.256 e. The lowest BCUT2D eigenvalue weighted by atomic mass is 9.28. The van der Waals surface area contributed by atoms with Gasteiger partial charge in [-0.05, 0) is 105 Å². The summed E-state index contributed by atoms with van der Waals surface area (Å²) in [6.07, 6.45) is 0. The molecule has 18 rings (SSSR count). The average molecular weight is 1090 g/mol. The van der Waals surface area contributed by atoms with Crippen LogP contribution >= 0.6 is 0 Å². The van der Waals surface area contributed by atoms with Crippen molar-refractivity contribution in [1.29, 1.82) is 0 Å². The van der Waals surface area contributed by atoms with Crippen molar-refractivity contribution in [3.8, 4) is 68.1 Å². The largest absolute Gasteiger partial charge is 0.459 e. The second kappa shape index (κ2) is 19.3. The zero-order valence-corrected chi connectivity index (χ0v) is 46.6. The molecule has 0 N–H and O–H groups in total. The lowest BCUT2D eigenvalue weighted by Gasteiger charge is -2.40. The van der Waals surface area contributed by atoms with Gasteiger partial charge in [0.05, 0.1) is 22.1 Å². The summed E-state index contributed by atoms with van der Waals surface area (Å²) in [5.41, 5.74) is 20.9. The standard InChI is InChI=1S/C78H49B3N2O3/c1-3-24-50(25-4-1)55-30-7-12-35-61(55)80-64-38-15-21-44-71(64)85-77-73-76(74-78(75(77)80)86-72-45-22-16-39-65(72)81(74)62-36-13-8-31-56(62)51-26-5-2-6-27-51)84-70-43-20-14-37-63(70)79(73)52-28-23-29-53(48-52)82-68-42-19-11-34-59(68)60-49-54(46-47-69(60)82)83-66-40-17-9-32-57(66)58-33-10-18-41-67(58)83/h1-49H. The molecule has 0 bridgehead atoms. The molecule has 0 radical (unpaired) electrons. The molecule has 398 valence electrons. The van der Waals surface area contributed by atoms with Gasteiger partial charge in [-0.25, -0.2) is 0 Å². The van der Waals surface area contributed by atoms with Gasteiger partial charge in [0.15, 0.2) is 0 Å². The van der Waals surface area contributed by atoms with Gasteiger partial charge in [0.2, 0.25) is 0 Å². The molecule has 0 fully saturated rings. The van der Waals surface area contributed by atoms with Gasteiger partial charge in [-0.15, -0.1) is 0 Å². The van der Waals surface area contributed by atoms with Crippen LogP contribution < -0.4 is 63.4 Å². The molecule has 13 aromatic carbocycles. The summed E-state index contributed by atoms with van der Waals surface area (Å²) in [5, 5.41) is 4.86. The van der Waals surface area contributed by atoms with Crippen LogP contribution in [0.25, 0.3) is 77.2 Å². The van der Waals surface area contributed by atoms with Crippen molar-refractivity contribution >= 4 is 113 Å². The molecule has 86 heavy (non-hydrogen) atoms. The quantitative estimate of drug-likeness (QED) is 0.149. The molecular weight excluding hydrogens is 1050 g/mol. The van der Waals surface area contributed by atoms with Crippen molar-refractivity contribution in [2.24, 2.45) is 0 Å². The molecule has 0 aliphatic carbocycles. The zero-order valence-electron chi connectivity index (χ0n) is 46.6. The van der Waals surface area contributed by atoms with E-state index in [4.69, 9.17) is 14.2 Å². The SMILES string of the molecule is c1ccc(-c2ccccc2B2c3ccccc3Oc3c2c2c(c4c3B(c3ccccc3-c3ccccc3)c3ccccc3O4)B(c3cccc(-n4c5ccccc5c5cc(-n6c7ccccc7c7ccccc76)ccc54)c3)c3ccccc3O2)cc1. The van der Waals surface area contributed by atoms with Gasteiger partial charge in [-0.2, -0.15) is 0 Å². The van der Waals surface area contributed by atoms with E-state index in [0.29, 0.717) is 0 Å². The molecule has 0 saturated heterocycles. The molecule has 3 aliphatic heterocycles. The first-order valence-electron chi connectivity index (χ1n) is 29.7. The minimum absolute atomic E-state index is 0.324. The smallest absolute Gasteiger partial charge is 0.256 e. The second-order valence-electron chi connectivity index (χ2n) is 22.9. The van der Waals surface area contributed by atoms with E-state index in [2.05, 4.69) is 306 Å². The molecule has 0 spiro atoms. The van der Waals surface area contributed by atoms with E-state index in [1.165, 1.54) is 32.6 Å². The maximum atomic E-state index is 7.67. The Morgan fingerprint density at radius 1 is 0.244 bits per heavy atom. The summed E-state index contributed by atoms with van der Waals surface area (Å²) in [4.78, 5) is 0. The van der Waals surface area contributed by atoms with Crippen molar-refractivity contribution in [3.63, 3.8) is 0 Å². The third kappa shape index (κ3) is 7.29. The van der Waals surface area contributed by atoms with Crippen LogP contribution in [0, 0.1) is 0 Å². The van der Waals surface area contributed by atoms with E-state index in [9.17, 15) is 0 Å². The van der Waals surface area contributed by atoms with Crippen LogP contribution in [0.4, 0.5) is 0 Å². The molecule has 0 amide bonds. The molecule has 0 unspecified atom stereocenters. The van der Waals surface area contributed by atoms with Gasteiger partial charge in [0, 0.05) is 49.3 Å². The highest BCUT2D eigenvalue weighted by molar-refractivity contribution is 7.04. The summed E-state index contributed by atoms with van der Waals surface area (Å²) in [7, 11) is 0. The molecule has 15 aromatic rings. The van der Waals surface area contributed by atoms with E-state index >= 15 is 0 Å². The van der Waals surface area contributed by atoms with Gasteiger partial charge in [0.25, 0.3) is 20.1 Å². The van der Waals surface area contributed by atoms with Crippen molar-refractivity contribution in [2.75, 3.05) is 0 Å². The second-order valence-corrected chi connectivity index (χ2v) is 22.9. The summed E-state index contributed by atoms with van der Waals surface area (Å²) < 4.78 is 27.8. The topological polar surface area (TPSA) is 37.5 Å². The third-order valence-electron chi connectivity index (χ3n) is 18.3. The number of ether oxygens (including phenoxy) is 3. The molecule has 2 aromatic heterocycles. The monoisotopic (exact) mass is 1090 g/mol. The Balaban J connectivity index is 0.917. The number of hydrogen-bond donors (Lipinski definition) is 0. The predicted molar refractivity (Wildman–Crippen MR) is 359 cm³/mol. The molecule has 5 heterocycles. The van der Waals surface area contributed by atoms with E-state index in [-0.39, 0.29) is 20.1 Å². The third-order valence-corrected chi connectivity index (χ3v) is 18.3. The summed E-state index contributed by atoms with van der Waals surface area (Å²) >= 11 is 0. The Hall–Kier alpha value is -10.9. The molecule has 5 nitrogen and oxygen atoms in total. The summed E-state index contributed by atoms with van der Waals surface area (Å²) in [6, 6.07) is 108. The fourth-order valence-electron chi connectivity index (χ4n) is 14.8. The fraction of sp³-hybridized carbons (Fsp3) is 0. The van der Waals surface area contributed by atoms with Crippen molar-refractivity contribution in [1.82, 2.24) is 9.13 Å². The van der Waals surface area contributed by atoms with Crippen LogP contribution in [0.5, 0.6) is 34.5 Å². The maximum absolute atomic E-state index is 7.67. The van der Waals surface area contributed by atoms with Crippen LogP contribution in [-0.4, -0.2) is 29.3 Å². The van der Waals surface area contributed by atoms with Gasteiger partial charge in [-0.1, -0.05) is 247 Å². The first-order valence-corrected chi connectivity index (χ1v) is 29.7. The molecule has 3 aliphatic rings. The number of rotatable bonds is 7.